The third kappa shape index (κ3) is 3.15. The van der Waals surface area contributed by atoms with E-state index in [1.54, 1.807) is 0 Å². The molecule has 1 saturated heterocycles. The zero-order valence-electron chi connectivity index (χ0n) is 11.7. The average Bonchev–Trinajstić information content (AvgIpc) is 2.37. The van der Waals surface area contributed by atoms with E-state index in [4.69, 9.17) is 0 Å². The number of aryl methyl sites for hydroxylation is 1. The quantitative estimate of drug-likeness (QED) is 0.858. The number of hydrogen-bond donors (Lipinski definition) is 2. The largest absolute Gasteiger partial charge is 0.370 e. The molecule has 2 aliphatic rings. The lowest BCUT2D eigenvalue weighted by atomic mass is 9.85. The third-order valence-electron chi connectivity index (χ3n) is 4.06. The van der Waals surface area contributed by atoms with Crippen molar-refractivity contribution in [3.05, 3.63) is 11.9 Å². The molecular formula is C14H23N5. The fourth-order valence-electron chi connectivity index (χ4n) is 2.64. The number of anilines is 2. The summed E-state index contributed by atoms with van der Waals surface area (Å²) in [6.45, 7) is 7.15. The lowest BCUT2D eigenvalue weighted by Crippen LogP contribution is -2.44. The topological polar surface area (TPSA) is 53.1 Å². The lowest BCUT2D eigenvalue weighted by Gasteiger charge is -2.29. The Hall–Kier alpha value is -1.36. The van der Waals surface area contributed by atoms with Gasteiger partial charge >= 0.3 is 0 Å². The summed E-state index contributed by atoms with van der Waals surface area (Å²) in [5.74, 6) is 3.74. The molecule has 0 atom stereocenters. The summed E-state index contributed by atoms with van der Waals surface area (Å²) >= 11 is 0. The van der Waals surface area contributed by atoms with E-state index in [0.29, 0.717) is 0 Å². The highest BCUT2D eigenvalue weighted by Gasteiger charge is 2.18. The van der Waals surface area contributed by atoms with Crippen molar-refractivity contribution < 1.29 is 0 Å². The molecule has 1 aromatic heterocycles. The molecule has 0 bridgehead atoms. The highest BCUT2D eigenvalue weighted by atomic mass is 15.2. The molecule has 5 heteroatoms. The van der Waals surface area contributed by atoms with Gasteiger partial charge in [0.1, 0.15) is 17.5 Å². The molecule has 3 rings (SSSR count). The van der Waals surface area contributed by atoms with Gasteiger partial charge in [0.05, 0.1) is 0 Å². The van der Waals surface area contributed by atoms with Crippen LogP contribution in [0.5, 0.6) is 0 Å². The maximum absolute atomic E-state index is 4.57. The van der Waals surface area contributed by atoms with E-state index in [9.17, 15) is 0 Å². The van der Waals surface area contributed by atoms with E-state index in [2.05, 4.69) is 31.6 Å². The summed E-state index contributed by atoms with van der Waals surface area (Å²) in [6.07, 6.45) is 4.12. The number of aromatic nitrogens is 2. The molecule has 2 fully saturated rings. The zero-order chi connectivity index (χ0) is 13.1. The number of hydrogen-bond acceptors (Lipinski definition) is 5. The van der Waals surface area contributed by atoms with Crippen LogP contribution in [-0.4, -0.2) is 42.7 Å². The number of piperazine rings is 1. The molecule has 0 aromatic carbocycles. The van der Waals surface area contributed by atoms with Gasteiger partial charge in [0.2, 0.25) is 0 Å². The Balaban J connectivity index is 1.67. The molecule has 104 valence electrons. The van der Waals surface area contributed by atoms with Crippen molar-refractivity contribution in [3.63, 3.8) is 0 Å². The maximum Gasteiger partial charge on any atom is 0.134 e. The molecule has 1 aliphatic heterocycles. The van der Waals surface area contributed by atoms with E-state index in [0.717, 1.165) is 56.1 Å². The molecular weight excluding hydrogens is 238 g/mol. The van der Waals surface area contributed by atoms with Crippen LogP contribution in [0.2, 0.25) is 0 Å². The first kappa shape index (κ1) is 12.7. The molecule has 0 amide bonds. The first-order valence-electron chi connectivity index (χ1n) is 7.36. The predicted octanol–water partition coefficient (Wildman–Crippen LogP) is 1.41. The van der Waals surface area contributed by atoms with Crippen LogP contribution in [0.1, 0.15) is 25.1 Å². The Labute approximate surface area is 114 Å². The molecule has 1 aromatic rings. The van der Waals surface area contributed by atoms with E-state index < -0.39 is 0 Å². The van der Waals surface area contributed by atoms with Crippen LogP contribution < -0.4 is 15.5 Å². The van der Waals surface area contributed by atoms with Gasteiger partial charge < -0.3 is 15.5 Å². The van der Waals surface area contributed by atoms with Crippen LogP contribution in [0.25, 0.3) is 0 Å². The molecule has 19 heavy (non-hydrogen) atoms. The Kier molecular flexibility index (Phi) is 3.82. The van der Waals surface area contributed by atoms with Crippen molar-refractivity contribution in [1.82, 2.24) is 15.3 Å². The Morgan fingerprint density at radius 1 is 1.32 bits per heavy atom. The van der Waals surface area contributed by atoms with Crippen LogP contribution in [0.4, 0.5) is 11.6 Å². The fraction of sp³-hybridized carbons (Fsp3) is 0.714. The molecule has 1 aliphatic carbocycles. The summed E-state index contributed by atoms with van der Waals surface area (Å²) < 4.78 is 0. The highest BCUT2D eigenvalue weighted by Crippen LogP contribution is 2.26. The van der Waals surface area contributed by atoms with Crippen molar-refractivity contribution in [1.29, 1.82) is 0 Å². The van der Waals surface area contributed by atoms with Gasteiger partial charge in [-0.05, 0) is 25.7 Å². The van der Waals surface area contributed by atoms with Crippen molar-refractivity contribution in [2.24, 2.45) is 5.92 Å². The first-order valence-corrected chi connectivity index (χ1v) is 7.36. The van der Waals surface area contributed by atoms with Crippen molar-refractivity contribution >= 4 is 11.6 Å². The zero-order valence-corrected chi connectivity index (χ0v) is 11.7. The van der Waals surface area contributed by atoms with E-state index in [1.807, 2.05) is 6.92 Å². The van der Waals surface area contributed by atoms with Gasteiger partial charge in [-0.1, -0.05) is 6.42 Å². The average molecular weight is 261 g/mol. The minimum atomic E-state index is 0.845. The van der Waals surface area contributed by atoms with Crippen molar-refractivity contribution in [2.45, 2.75) is 26.2 Å². The molecule has 1 saturated carbocycles. The second-order valence-corrected chi connectivity index (χ2v) is 5.57. The van der Waals surface area contributed by atoms with Crippen LogP contribution in [0.3, 0.4) is 0 Å². The molecule has 0 unspecified atom stereocenters. The molecule has 2 heterocycles. The summed E-state index contributed by atoms with van der Waals surface area (Å²) in [6, 6.07) is 2.09. The van der Waals surface area contributed by atoms with Crippen LogP contribution in [-0.2, 0) is 0 Å². The van der Waals surface area contributed by atoms with E-state index in [-0.39, 0.29) is 0 Å². The second kappa shape index (κ2) is 5.74. The molecule has 0 spiro atoms. The second-order valence-electron chi connectivity index (χ2n) is 5.57. The van der Waals surface area contributed by atoms with Gasteiger partial charge in [0, 0.05) is 38.8 Å². The normalized spacial score (nSPS) is 20.2. The maximum atomic E-state index is 4.57. The van der Waals surface area contributed by atoms with Gasteiger partial charge in [-0.2, -0.15) is 0 Å². The van der Waals surface area contributed by atoms with Crippen LogP contribution in [0, 0.1) is 12.8 Å². The minimum Gasteiger partial charge on any atom is -0.370 e. The number of nitrogens with zero attached hydrogens (tertiary/aromatic N) is 3. The van der Waals surface area contributed by atoms with Crippen molar-refractivity contribution in [2.75, 3.05) is 42.9 Å². The predicted molar refractivity (Wildman–Crippen MR) is 77.7 cm³/mol. The summed E-state index contributed by atoms with van der Waals surface area (Å²) in [5, 5.41) is 6.84. The summed E-state index contributed by atoms with van der Waals surface area (Å²) in [4.78, 5) is 11.4. The molecule has 5 nitrogen and oxygen atoms in total. The van der Waals surface area contributed by atoms with Gasteiger partial charge in [0.15, 0.2) is 0 Å². The van der Waals surface area contributed by atoms with Gasteiger partial charge in [-0.25, -0.2) is 9.97 Å². The third-order valence-corrected chi connectivity index (χ3v) is 4.06. The monoisotopic (exact) mass is 261 g/mol. The minimum absolute atomic E-state index is 0.845. The van der Waals surface area contributed by atoms with E-state index >= 15 is 0 Å². The van der Waals surface area contributed by atoms with Gasteiger partial charge in [-0.15, -0.1) is 0 Å². The smallest absolute Gasteiger partial charge is 0.134 e. The van der Waals surface area contributed by atoms with Crippen molar-refractivity contribution in [3.8, 4) is 0 Å². The summed E-state index contributed by atoms with van der Waals surface area (Å²) in [7, 11) is 0. The number of rotatable bonds is 4. The Bertz CT molecular complexity index is 424. The van der Waals surface area contributed by atoms with Gasteiger partial charge in [0.25, 0.3) is 0 Å². The first-order chi connectivity index (χ1) is 9.31. The lowest BCUT2D eigenvalue weighted by molar-refractivity contribution is 0.333. The standard InChI is InChI=1S/C14H23N5/c1-11-17-13(16-10-12-3-2-4-12)9-14(18-11)19-7-5-15-6-8-19/h9,12,15H,2-8,10H2,1H3,(H,16,17,18). The Morgan fingerprint density at radius 2 is 2.11 bits per heavy atom. The van der Waals surface area contributed by atoms with Crippen LogP contribution >= 0.6 is 0 Å². The molecule has 0 radical (unpaired) electrons. The SMILES string of the molecule is Cc1nc(NCC2CCC2)cc(N2CCNCC2)n1. The van der Waals surface area contributed by atoms with Crippen LogP contribution in [0.15, 0.2) is 6.07 Å². The van der Waals surface area contributed by atoms with E-state index in [1.165, 1.54) is 19.3 Å². The number of nitrogens with one attached hydrogen (secondary N) is 2. The van der Waals surface area contributed by atoms with Gasteiger partial charge in [-0.3, -0.25) is 0 Å². The Morgan fingerprint density at radius 3 is 2.79 bits per heavy atom. The highest BCUT2D eigenvalue weighted by molar-refractivity contribution is 5.49. The fourth-order valence-corrected chi connectivity index (χ4v) is 2.64. The molecule has 2 N–H and O–H groups in total. The summed E-state index contributed by atoms with van der Waals surface area (Å²) in [5.41, 5.74) is 0.